The molecule has 1 rings (SSSR count). The molecule has 0 aromatic heterocycles. The molecule has 0 aromatic rings. The van der Waals surface area contributed by atoms with Gasteiger partial charge in [0, 0.05) is 8.81 Å². The van der Waals surface area contributed by atoms with E-state index in [-0.39, 0.29) is 12.4 Å². The Labute approximate surface area is 43.4 Å². The topological polar surface area (TPSA) is 26.3 Å². The van der Waals surface area contributed by atoms with E-state index in [1.54, 1.807) is 11.9 Å². The largest absolute Gasteiger partial charge is 0.350 e. The zero-order valence-corrected chi connectivity index (χ0v) is 4.68. The summed E-state index contributed by atoms with van der Waals surface area (Å²) in [6, 6.07) is 0. The standard InChI is InChI=1S/C4H5O2P/c5-4-1-2-7-6-3-4/h1-2,7H,3H2. The van der Waals surface area contributed by atoms with Crippen molar-refractivity contribution in [1.82, 2.24) is 0 Å². The maximum Gasteiger partial charge on any atom is 0.181 e. The van der Waals surface area contributed by atoms with E-state index < -0.39 is 0 Å². The van der Waals surface area contributed by atoms with E-state index in [0.717, 1.165) is 0 Å². The fourth-order valence-corrected chi connectivity index (χ4v) is 0.912. The van der Waals surface area contributed by atoms with E-state index in [1.807, 2.05) is 0 Å². The zero-order valence-electron chi connectivity index (χ0n) is 3.68. The molecule has 0 fully saturated rings. The molecule has 38 valence electrons. The van der Waals surface area contributed by atoms with Crippen molar-refractivity contribution in [3.8, 4) is 0 Å². The van der Waals surface area contributed by atoms with Gasteiger partial charge >= 0.3 is 0 Å². The third-order valence-corrected chi connectivity index (χ3v) is 1.25. The second kappa shape index (κ2) is 2.20. The number of hydrogen-bond donors (Lipinski definition) is 0. The van der Waals surface area contributed by atoms with Gasteiger partial charge in [-0.05, 0) is 11.9 Å². The van der Waals surface area contributed by atoms with Gasteiger partial charge in [0.25, 0.3) is 0 Å². The molecule has 1 aliphatic rings. The third kappa shape index (κ3) is 1.38. The van der Waals surface area contributed by atoms with Gasteiger partial charge in [-0.25, -0.2) is 0 Å². The summed E-state index contributed by atoms with van der Waals surface area (Å²) in [5.41, 5.74) is 0. The molecule has 0 saturated heterocycles. The van der Waals surface area contributed by atoms with Gasteiger partial charge in [-0.2, -0.15) is 0 Å². The van der Waals surface area contributed by atoms with Crippen molar-refractivity contribution in [2.45, 2.75) is 0 Å². The van der Waals surface area contributed by atoms with Crippen LogP contribution in [0.1, 0.15) is 0 Å². The number of carbonyl (C=O) groups is 1. The Bertz CT molecular complexity index is 108. The van der Waals surface area contributed by atoms with Gasteiger partial charge in [0.1, 0.15) is 6.61 Å². The molecule has 0 aliphatic carbocycles. The molecule has 0 bridgehead atoms. The van der Waals surface area contributed by atoms with Gasteiger partial charge in [-0.15, -0.1) is 0 Å². The fourth-order valence-electron chi connectivity index (χ4n) is 0.336. The molecular weight excluding hydrogens is 111 g/mol. The third-order valence-electron chi connectivity index (χ3n) is 0.635. The van der Waals surface area contributed by atoms with Crippen LogP contribution in [0.4, 0.5) is 0 Å². The van der Waals surface area contributed by atoms with Crippen molar-refractivity contribution >= 4 is 14.6 Å². The Morgan fingerprint density at radius 3 is 3.00 bits per heavy atom. The molecule has 0 N–H and O–H groups in total. The number of carbonyl (C=O) groups excluding carboxylic acids is 1. The summed E-state index contributed by atoms with van der Waals surface area (Å²) in [6.07, 6.45) is 1.56. The van der Waals surface area contributed by atoms with Crippen molar-refractivity contribution in [2.75, 3.05) is 6.61 Å². The number of ketones is 1. The Kier molecular flexibility index (Phi) is 1.55. The Morgan fingerprint density at radius 1 is 1.86 bits per heavy atom. The molecule has 1 unspecified atom stereocenters. The lowest BCUT2D eigenvalue weighted by Crippen LogP contribution is -2.02. The normalized spacial score (nSPS) is 23.7. The van der Waals surface area contributed by atoms with E-state index in [0.29, 0.717) is 8.81 Å². The predicted octanol–water partition coefficient (Wildman–Crippen LogP) is 0.693. The molecule has 1 aliphatic heterocycles. The van der Waals surface area contributed by atoms with Gasteiger partial charge in [-0.1, -0.05) is 0 Å². The first-order valence-corrected chi connectivity index (χ1v) is 2.95. The molecule has 1 heterocycles. The van der Waals surface area contributed by atoms with E-state index in [9.17, 15) is 4.79 Å². The highest BCUT2D eigenvalue weighted by Gasteiger charge is 1.98. The summed E-state index contributed by atoms with van der Waals surface area (Å²) in [7, 11) is 0.386. The maximum atomic E-state index is 10.3. The maximum absolute atomic E-state index is 10.3. The lowest BCUT2D eigenvalue weighted by molar-refractivity contribution is -0.116. The Morgan fingerprint density at radius 2 is 2.71 bits per heavy atom. The van der Waals surface area contributed by atoms with E-state index >= 15 is 0 Å². The van der Waals surface area contributed by atoms with Crippen LogP contribution in [-0.2, 0) is 9.32 Å². The van der Waals surface area contributed by atoms with E-state index in [1.165, 1.54) is 0 Å². The first kappa shape index (κ1) is 4.95. The average Bonchev–Trinajstić information content (AvgIpc) is 1.69. The molecule has 1 atom stereocenters. The van der Waals surface area contributed by atoms with E-state index in [2.05, 4.69) is 0 Å². The monoisotopic (exact) mass is 116 g/mol. The summed E-state index contributed by atoms with van der Waals surface area (Å²) >= 11 is 0. The Hall–Kier alpha value is -0.200. The first-order valence-electron chi connectivity index (χ1n) is 1.96. The van der Waals surface area contributed by atoms with Crippen molar-refractivity contribution < 1.29 is 9.32 Å². The van der Waals surface area contributed by atoms with Crippen LogP contribution in [0.2, 0.25) is 0 Å². The minimum absolute atomic E-state index is 0.0683. The van der Waals surface area contributed by atoms with Gasteiger partial charge < -0.3 is 4.52 Å². The number of rotatable bonds is 0. The first-order chi connectivity index (χ1) is 3.39. The molecule has 0 amide bonds. The van der Waals surface area contributed by atoms with Gasteiger partial charge in [0.05, 0.1) is 0 Å². The lowest BCUT2D eigenvalue weighted by Gasteiger charge is -1.99. The Balaban J connectivity index is 2.51. The van der Waals surface area contributed by atoms with Crippen LogP contribution < -0.4 is 0 Å². The fraction of sp³-hybridized carbons (Fsp3) is 0.250. The van der Waals surface area contributed by atoms with Gasteiger partial charge in [0.2, 0.25) is 0 Å². The summed E-state index contributed by atoms with van der Waals surface area (Å²) in [4.78, 5) is 10.3. The smallest absolute Gasteiger partial charge is 0.181 e. The molecule has 0 aromatic carbocycles. The highest BCUT2D eigenvalue weighted by Crippen LogP contribution is 2.16. The SMILES string of the molecule is O=C1C=CPOC1. The zero-order chi connectivity index (χ0) is 5.11. The molecule has 7 heavy (non-hydrogen) atoms. The lowest BCUT2D eigenvalue weighted by atomic mass is 10.4. The van der Waals surface area contributed by atoms with Crippen LogP contribution in [0, 0.1) is 0 Å². The molecule has 0 saturated carbocycles. The summed E-state index contributed by atoms with van der Waals surface area (Å²) in [5, 5.41) is 0. The second-order valence-corrected chi connectivity index (χ2v) is 2.06. The molecule has 0 spiro atoms. The minimum atomic E-state index is 0.0683. The molecule has 3 heteroatoms. The van der Waals surface area contributed by atoms with Crippen LogP contribution in [0.3, 0.4) is 0 Å². The van der Waals surface area contributed by atoms with Crippen molar-refractivity contribution in [1.29, 1.82) is 0 Å². The second-order valence-electron chi connectivity index (χ2n) is 1.21. The number of hydrogen-bond acceptors (Lipinski definition) is 2. The van der Waals surface area contributed by atoms with Gasteiger partial charge in [0.15, 0.2) is 5.78 Å². The quantitative estimate of drug-likeness (QED) is 0.435. The van der Waals surface area contributed by atoms with Crippen LogP contribution in [0.15, 0.2) is 11.9 Å². The predicted molar refractivity (Wildman–Crippen MR) is 28.4 cm³/mol. The van der Waals surface area contributed by atoms with Crippen molar-refractivity contribution in [2.24, 2.45) is 0 Å². The summed E-state index contributed by atoms with van der Waals surface area (Å²) < 4.78 is 4.77. The van der Waals surface area contributed by atoms with Crippen molar-refractivity contribution in [3.63, 3.8) is 0 Å². The molecule has 2 nitrogen and oxygen atoms in total. The average molecular weight is 116 g/mol. The van der Waals surface area contributed by atoms with E-state index in [4.69, 9.17) is 4.52 Å². The van der Waals surface area contributed by atoms with Gasteiger partial charge in [-0.3, -0.25) is 4.79 Å². The minimum Gasteiger partial charge on any atom is -0.350 e. The highest BCUT2D eigenvalue weighted by molar-refractivity contribution is 7.36. The van der Waals surface area contributed by atoms with Crippen LogP contribution in [-0.4, -0.2) is 12.4 Å². The summed E-state index contributed by atoms with van der Waals surface area (Å²) in [5.74, 6) is 1.81. The summed E-state index contributed by atoms with van der Waals surface area (Å²) in [6.45, 7) is 0.273. The molecule has 0 radical (unpaired) electrons. The van der Waals surface area contributed by atoms with Crippen LogP contribution in [0.25, 0.3) is 0 Å². The highest BCUT2D eigenvalue weighted by atomic mass is 31.1. The van der Waals surface area contributed by atoms with Crippen molar-refractivity contribution in [3.05, 3.63) is 11.9 Å². The molecular formula is C4H5O2P. The van der Waals surface area contributed by atoms with Crippen LogP contribution in [0.5, 0.6) is 0 Å². The van der Waals surface area contributed by atoms with Crippen LogP contribution >= 0.6 is 8.81 Å².